The van der Waals surface area contributed by atoms with E-state index in [0.717, 1.165) is 18.4 Å². The van der Waals surface area contributed by atoms with E-state index >= 15 is 0 Å². The monoisotopic (exact) mass is 316 g/mol. The topological polar surface area (TPSA) is 63.4 Å². The predicted octanol–water partition coefficient (Wildman–Crippen LogP) is 2.40. The van der Waals surface area contributed by atoms with Crippen molar-refractivity contribution in [3.05, 3.63) is 28.8 Å². The number of hydrogen-bond acceptors (Lipinski definition) is 3. The van der Waals surface area contributed by atoms with Crippen molar-refractivity contribution in [2.75, 3.05) is 13.1 Å². The lowest BCUT2D eigenvalue weighted by atomic mass is 9.93. The second-order valence-corrected chi connectivity index (χ2v) is 7.80. The van der Waals surface area contributed by atoms with Crippen LogP contribution in [0.1, 0.15) is 25.3 Å². The van der Waals surface area contributed by atoms with Crippen molar-refractivity contribution in [2.24, 2.45) is 11.7 Å². The van der Waals surface area contributed by atoms with Crippen molar-refractivity contribution < 1.29 is 8.42 Å². The first kappa shape index (κ1) is 15.8. The first-order valence-corrected chi connectivity index (χ1v) is 8.66. The molecule has 2 rings (SSSR count). The predicted molar refractivity (Wildman–Crippen MR) is 81.3 cm³/mol. The number of aryl methyl sites for hydroxylation is 1. The van der Waals surface area contributed by atoms with Gasteiger partial charge in [-0.1, -0.05) is 23.7 Å². The molecule has 4 nitrogen and oxygen atoms in total. The number of rotatable bonds is 3. The third kappa shape index (κ3) is 3.01. The van der Waals surface area contributed by atoms with Gasteiger partial charge in [-0.25, -0.2) is 8.42 Å². The molecular formula is C14H21ClN2O2S. The minimum absolute atomic E-state index is 0.000909. The molecule has 0 radical (unpaired) electrons. The Hall–Kier alpha value is -0.620. The molecular weight excluding hydrogens is 296 g/mol. The second kappa shape index (κ2) is 6.02. The highest BCUT2D eigenvalue weighted by Crippen LogP contribution is 2.30. The average molecular weight is 317 g/mol. The molecule has 0 saturated carbocycles. The van der Waals surface area contributed by atoms with E-state index in [9.17, 15) is 8.42 Å². The van der Waals surface area contributed by atoms with Gasteiger partial charge in [-0.2, -0.15) is 4.31 Å². The Kier molecular flexibility index (Phi) is 4.74. The summed E-state index contributed by atoms with van der Waals surface area (Å²) in [5.41, 5.74) is 6.69. The Labute approximate surface area is 126 Å². The van der Waals surface area contributed by atoms with Gasteiger partial charge < -0.3 is 5.73 Å². The Morgan fingerprint density at radius 2 is 2.15 bits per heavy atom. The largest absolute Gasteiger partial charge is 0.328 e. The summed E-state index contributed by atoms with van der Waals surface area (Å²) in [5, 5.41) is 0.315. The van der Waals surface area contributed by atoms with Crippen molar-refractivity contribution in [1.29, 1.82) is 0 Å². The maximum atomic E-state index is 12.7. The Morgan fingerprint density at radius 1 is 1.45 bits per heavy atom. The normalized spacial score (nSPS) is 22.7. The summed E-state index contributed by atoms with van der Waals surface area (Å²) in [4.78, 5) is 0.199. The minimum atomic E-state index is -3.54. The van der Waals surface area contributed by atoms with Gasteiger partial charge in [0.15, 0.2) is 0 Å². The third-order valence-corrected chi connectivity index (χ3v) is 6.46. The smallest absolute Gasteiger partial charge is 0.244 e. The fraction of sp³-hybridized carbons (Fsp3) is 0.571. The van der Waals surface area contributed by atoms with Crippen LogP contribution in [0.25, 0.3) is 0 Å². The fourth-order valence-electron chi connectivity index (χ4n) is 2.58. The molecule has 0 amide bonds. The lowest BCUT2D eigenvalue weighted by Crippen LogP contribution is -2.45. The van der Waals surface area contributed by atoms with Gasteiger partial charge >= 0.3 is 0 Å². The van der Waals surface area contributed by atoms with Gasteiger partial charge in [0.1, 0.15) is 4.90 Å². The fourth-order valence-corrected chi connectivity index (χ4v) is 4.67. The molecule has 112 valence electrons. The molecule has 1 aliphatic heterocycles. The molecule has 0 aromatic heterocycles. The molecule has 1 fully saturated rings. The van der Waals surface area contributed by atoms with Crippen LogP contribution in [-0.4, -0.2) is 31.9 Å². The number of halogens is 1. The summed E-state index contributed by atoms with van der Waals surface area (Å²) in [6, 6.07) is 5.10. The van der Waals surface area contributed by atoms with Crippen molar-refractivity contribution in [3.8, 4) is 0 Å². The average Bonchev–Trinajstić information content (AvgIpc) is 2.41. The van der Waals surface area contributed by atoms with Crippen molar-refractivity contribution >= 4 is 21.6 Å². The van der Waals surface area contributed by atoms with Crippen molar-refractivity contribution in [3.63, 3.8) is 0 Å². The number of nitrogens with zero attached hydrogens (tertiary/aromatic N) is 1. The quantitative estimate of drug-likeness (QED) is 0.931. The zero-order chi connectivity index (χ0) is 14.9. The van der Waals surface area contributed by atoms with Gasteiger partial charge in [0, 0.05) is 19.1 Å². The van der Waals surface area contributed by atoms with E-state index < -0.39 is 10.0 Å². The summed E-state index contributed by atoms with van der Waals surface area (Å²) in [6.07, 6.45) is 1.82. The van der Waals surface area contributed by atoms with E-state index in [-0.39, 0.29) is 16.9 Å². The molecule has 2 N–H and O–H groups in total. The number of hydrogen-bond donors (Lipinski definition) is 1. The highest BCUT2D eigenvalue weighted by molar-refractivity contribution is 7.89. The summed E-state index contributed by atoms with van der Waals surface area (Å²) in [6.45, 7) is 4.75. The maximum absolute atomic E-state index is 12.7. The Morgan fingerprint density at radius 3 is 2.80 bits per heavy atom. The molecule has 2 atom stereocenters. The van der Waals surface area contributed by atoms with Crippen LogP contribution in [-0.2, 0) is 10.0 Å². The van der Waals surface area contributed by atoms with Crippen LogP contribution in [0.4, 0.5) is 0 Å². The summed E-state index contributed by atoms with van der Waals surface area (Å²) >= 11 is 6.17. The maximum Gasteiger partial charge on any atom is 0.244 e. The highest BCUT2D eigenvalue weighted by Gasteiger charge is 2.32. The van der Waals surface area contributed by atoms with Crippen LogP contribution in [0.15, 0.2) is 23.1 Å². The molecule has 1 aromatic carbocycles. The van der Waals surface area contributed by atoms with Crippen molar-refractivity contribution in [1.82, 2.24) is 4.31 Å². The van der Waals surface area contributed by atoms with Crippen LogP contribution in [0.5, 0.6) is 0 Å². The number of benzene rings is 1. The Bertz CT molecular complexity index is 587. The van der Waals surface area contributed by atoms with Gasteiger partial charge in [0.05, 0.1) is 5.02 Å². The number of nitrogens with two attached hydrogens (primary N) is 1. The van der Waals surface area contributed by atoms with Crippen LogP contribution in [0.3, 0.4) is 0 Å². The molecule has 20 heavy (non-hydrogen) atoms. The van der Waals surface area contributed by atoms with Gasteiger partial charge in [-0.3, -0.25) is 0 Å². The van der Waals surface area contributed by atoms with E-state index in [1.165, 1.54) is 4.31 Å². The van der Waals surface area contributed by atoms with Crippen LogP contribution in [0.2, 0.25) is 5.02 Å². The molecule has 0 aliphatic carbocycles. The zero-order valence-electron chi connectivity index (χ0n) is 11.8. The minimum Gasteiger partial charge on any atom is -0.328 e. The van der Waals surface area contributed by atoms with E-state index in [0.29, 0.717) is 18.1 Å². The van der Waals surface area contributed by atoms with E-state index in [4.69, 9.17) is 17.3 Å². The zero-order valence-corrected chi connectivity index (χ0v) is 13.4. The van der Waals surface area contributed by atoms with E-state index in [1.54, 1.807) is 12.1 Å². The molecule has 1 aromatic rings. The van der Waals surface area contributed by atoms with Crippen LogP contribution in [0, 0.1) is 12.8 Å². The molecule has 1 saturated heterocycles. The SMILES string of the molecule is Cc1cccc(S(=O)(=O)N2CCC[C@@H]([C@@H](C)N)C2)c1Cl. The van der Waals surface area contributed by atoms with Gasteiger partial charge in [-0.15, -0.1) is 0 Å². The van der Waals surface area contributed by atoms with Crippen LogP contribution >= 0.6 is 11.6 Å². The van der Waals surface area contributed by atoms with Gasteiger partial charge in [-0.05, 0) is 44.2 Å². The lowest BCUT2D eigenvalue weighted by molar-refractivity contribution is 0.243. The standard InChI is InChI=1S/C14H21ClN2O2S/c1-10-5-3-7-13(14(10)15)20(18,19)17-8-4-6-12(9-17)11(2)16/h3,5,7,11-12H,4,6,8-9,16H2,1-2H3/t11-,12-/m1/s1. The Balaban J connectivity index is 2.33. The number of sulfonamides is 1. The number of piperidine rings is 1. The summed E-state index contributed by atoms with van der Waals surface area (Å²) in [7, 11) is -3.54. The third-order valence-electron chi connectivity index (χ3n) is 3.94. The highest BCUT2D eigenvalue weighted by atomic mass is 35.5. The van der Waals surface area contributed by atoms with E-state index in [2.05, 4.69) is 0 Å². The first-order valence-electron chi connectivity index (χ1n) is 6.85. The van der Waals surface area contributed by atoms with E-state index in [1.807, 2.05) is 19.9 Å². The lowest BCUT2D eigenvalue weighted by Gasteiger charge is -2.34. The molecule has 0 unspecified atom stereocenters. The first-order chi connectivity index (χ1) is 9.34. The van der Waals surface area contributed by atoms with Gasteiger partial charge in [0.25, 0.3) is 0 Å². The van der Waals surface area contributed by atoms with Gasteiger partial charge in [0.2, 0.25) is 10.0 Å². The van der Waals surface area contributed by atoms with Crippen molar-refractivity contribution in [2.45, 2.75) is 37.6 Å². The molecule has 1 heterocycles. The summed E-state index contributed by atoms with van der Waals surface area (Å²) < 4.78 is 27.0. The molecule has 0 bridgehead atoms. The summed E-state index contributed by atoms with van der Waals surface area (Å²) in [5.74, 6) is 0.210. The van der Waals surface area contributed by atoms with Crippen LogP contribution < -0.4 is 5.73 Å². The molecule has 6 heteroatoms. The second-order valence-electron chi connectivity index (χ2n) is 5.51. The molecule has 0 spiro atoms. The molecule has 1 aliphatic rings.